The summed E-state index contributed by atoms with van der Waals surface area (Å²) in [6, 6.07) is 10.3. The van der Waals surface area contributed by atoms with Crippen molar-refractivity contribution in [1.29, 1.82) is 5.26 Å². The number of benzene rings is 1. The van der Waals surface area contributed by atoms with Gasteiger partial charge in [-0.1, -0.05) is 30.3 Å². The van der Waals surface area contributed by atoms with E-state index in [9.17, 15) is 18.0 Å². The molecule has 1 rings (SSSR count). The molecule has 7 heteroatoms. The fourth-order valence-corrected chi connectivity index (χ4v) is 1.86. The second kappa shape index (κ2) is 7.64. The Labute approximate surface area is 120 Å². The molecule has 4 nitrogen and oxygen atoms in total. The topological polar surface area (TPSA) is 64.3 Å². The first-order valence-corrected chi connectivity index (χ1v) is 6.27. The fraction of sp³-hybridized carbons (Fsp3) is 0.429. The number of carbonyl (C=O) groups excluding carboxylic acids is 1. The average molecular weight is 300 g/mol. The van der Waals surface area contributed by atoms with Gasteiger partial charge in [-0.3, -0.25) is 4.79 Å². The fourth-order valence-electron chi connectivity index (χ4n) is 1.86. The maximum atomic E-state index is 12.4. The first-order chi connectivity index (χ1) is 9.87. The highest BCUT2D eigenvalue weighted by Crippen LogP contribution is 2.19. The lowest BCUT2D eigenvalue weighted by Crippen LogP contribution is -2.43. The van der Waals surface area contributed by atoms with Crippen molar-refractivity contribution < 1.29 is 23.1 Å². The Hall–Kier alpha value is -2.07. The number of aliphatic hydroxyl groups is 1. The van der Waals surface area contributed by atoms with Crippen molar-refractivity contribution >= 4 is 5.91 Å². The van der Waals surface area contributed by atoms with E-state index in [4.69, 9.17) is 10.4 Å². The molecule has 0 saturated heterocycles. The summed E-state index contributed by atoms with van der Waals surface area (Å²) in [5, 5.41) is 17.8. The molecule has 1 aromatic carbocycles. The molecule has 0 fully saturated rings. The number of carbonyl (C=O) groups is 1. The second-order valence-corrected chi connectivity index (χ2v) is 4.47. The van der Waals surface area contributed by atoms with Gasteiger partial charge in [0.15, 0.2) is 0 Å². The standard InChI is InChI=1S/C14H15F3N2O2/c15-14(16,17)10-19(6-7-20)13(21)12(9-18)8-11-4-2-1-3-5-11/h1-5,12,20H,6-8,10H2. The highest BCUT2D eigenvalue weighted by atomic mass is 19.4. The van der Waals surface area contributed by atoms with Crippen LogP contribution in [0.25, 0.3) is 0 Å². The molecule has 0 aliphatic rings. The van der Waals surface area contributed by atoms with Crippen LogP contribution in [0.15, 0.2) is 30.3 Å². The largest absolute Gasteiger partial charge is 0.406 e. The van der Waals surface area contributed by atoms with E-state index in [-0.39, 0.29) is 6.42 Å². The molecule has 21 heavy (non-hydrogen) atoms. The molecule has 0 aliphatic carbocycles. The molecule has 0 saturated carbocycles. The van der Waals surface area contributed by atoms with Crippen molar-refractivity contribution in [2.24, 2.45) is 5.92 Å². The zero-order valence-electron chi connectivity index (χ0n) is 11.2. The van der Waals surface area contributed by atoms with Gasteiger partial charge in [0.05, 0.1) is 12.7 Å². The Morgan fingerprint density at radius 3 is 2.43 bits per heavy atom. The summed E-state index contributed by atoms with van der Waals surface area (Å²) in [7, 11) is 0. The molecule has 1 amide bonds. The smallest absolute Gasteiger partial charge is 0.395 e. The summed E-state index contributed by atoms with van der Waals surface area (Å²) >= 11 is 0. The van der Waals surface area contributed by atoms with Crippen molar-refractivity contribution in [2.75, 3.05) is 19.7 Å². The molecule has 0 aliphatic heterocycles. The minimum Gasteiger partial charge on any atom is -0.395 e. The van der Waals surface area contributed by atoms with Crippen molar-refractivity contribution in [3.8, 4) is 6.07 Å². The molecule has 1 aromatic rings. The third-order valence-corrected chi connectivity index (χ3v) is 2.79. The van der Waals surface area contributed by atoms with Crippen molar-refractivity contribution in [1.82, 2.24) is 4.90 Å². The predicted molar refractivity (Wildman–Crippen MR) is 69.0 cm³/mol. The van der Waals surface area contributed by atoms with Crippen LogP contribution in [-0.4, -0.2) is 41.8 Å². The van der Waals surface area contributed by atoms with Gasteiger partial charge in [0.2, 0.25) is 5.91 Å². The van der Waals surface area contributed by atoms with E-state index in [0.29, 0.717) is 10.5 Å². The van der Waals surface area contributed by atoms with Crippen LogP contribution in [-0.2, 0) is 11.2 Å². The Morgan fingerprint density at radius 1 is 1.33 bits per heavy atom. The van der Waals surface area contributed by atoms with Crippen LogP contribution in [0, 0.1) is 17.2 Å². The summed E-state index contributed by atoms with van der Waals surface area (Å²) in [5.41, 5.74) is 0.688. The minimum atomic E-state index is -4.57. The first-order valence-electron chi connectivity index (χ1n) is 6.27. The number of amides is 1. The van der Waals surface area contributed by atoms with Gasteiger partial charge in [0.1, 0.15) is 12.5 Å². The van der Waals surface area contributed by atoms with Crippen LogP contribution in [0.2, 0.25) is 0 Å². The van der Waals surface area contributed by atoms with E-state index in [2.05, 4.69) is 0 Å². The van der Waals surface area contributed by atoms with Gasteiger partial charge in [-0.2, -0.15) is 18.4 Å². The SMILES string of the molecule is N#CC(Cc1ccccc1)C(=O)N(CCO)CC(F)(F)F. The third-order valence-electron chi connectivity index (χ3n) is 2.79. The second-order valence-electron chi connectivity index (χ2n) is 4.47. The molecule has 1 atom stereocenters. The van der Waals surface area contributed by atoms with Crippen LogP contribution in [0.4, 0.5) is 13.2 Å². The van der Waals surface area contributed by atoms with Gasteiger partial charge < -0.3 is 10.0 Å². The number of halogens is 3. The Bertz CT molecular complexity index is 497. The van der Waals surface area contributed by atoms with Gasteiger partial charge >= 0.3 is 6.18 Å². The van der Waals surface area contributed by atoms with E-state index in [1.165, 1.54) is 0 Å². The predicted octanol–water partition coefficient (Wildman–Crippen LogP) is 1.75. The maximum Gasteiger partial charge on any atom is 0.406 e. The highest BCUT2D eigenvalue weighted by Gasteiger charge is 2.35. The minimum absolute atomic E-state index is 0.0377. The molecule has 114 valence electrons. The number of aliphatic hydroxyl groups excluding tert-OH is 1. The molecule has 0 radical (unpaired) electrons. The molecular weight excluding hydrogens is 285 g/mol. The summed E-state index contributed by atoms with van der Waals surface area (Å²) in [6.07, 6.45) is -4.53. The van der Waals surface area contributed by atoms with Crippen LogP contribution in [0.5, 0.6) is 0 Å². The van der Waals surface area contributed by atoms with Crippen LogP contribution >= 0.6 is 0 Å². The van der Waals surface area contributed by atoms with Crippen LogP contribution in [0.3, 0.4) is 0 Å². The van der Waals surface area contributed by atoms with E-state index < -0.39 is 37.7 Å². The molecule has 1 N–H and O–H groups in total. The highest BCUT2D eigenvalue weighted by molar-refractivity contribution is 5.81. The summed E-state index contributed by atoms with van der Waals surface area (Å²) in [6.45, 7) is -2.52. The van der Waals surface area contributed by atoms with Gasteiger partial charge in [-0.25, -0.2) is 0 Å². The molecule has 0 spiro atoms. The zero-order valence-corrected chi connectivity index (χ0v) is 11.2. The van der Waals surface area contributed by atoms with E-state index in [1.807, 2.05) is 0 Å². The number of hydrogen-bond acceptors (Lipinski definition) is 3. The number of rotatable bonds is 6. The molecular formula is C14H15F3N2O2. The molecule has 1 unspecified atom stereocenters. The molecule has 0 aromatic heterocycles. The van der Waals surface area contributed by atoms with Crippen molar-refractivity contribution in [2.45, 2.75) is 12.6 Å². The Kier molecular flexibility index (Phi) is 6.18. The number of nitrogens with zero attached hydrogens (tertiary/aromatic N) is 2. The summed E-state index contributed by atoms with van der Waals surface area (Å²) in [5.74, 6) is -2.13. The average Bonchev–Trinajstić information content (AvgIpc) is 2.43. The van der Waals surface area contributed by atoms with Crippen molar-refractivity contribution in [3.63, 3.8) is 0 Å². The maximum absolute atomic E-state index is 12.4. The summed E-state index contributed by atoms with van der Waals surface area (Å²) < 4.78 is 37.3. The normalized spacial score (nSPS) is 12.5. The monoisotopic (exact) mass is 300 g/mol. The zero-order chi connectivity index (χ0) is 15.9. The number of hydrogen-bond donors (Lipinski definition) is 1. The quantitative estimate of drug-likeness (QED) is 0.870. The van der Waals surface area contributed by atoms with Gasteiger partial charge in [0.25, 0.3) is 0 Å². The third kappa shape index (κ3) is 5.83. The lowest BCUT2D eigenvalue weighted by atomic mass is 9.99. The first kappa shape index (κ1) is 17.0. The lowest BCUT2D eigenvalue weighted by Gasteiger charge is -2.25. The molecule has 0 bridgehead atoms. The Morgan fingerprint density at radius 2 is 1.95 bits per heavy atom. The van der Waals surface area contributed by atoms with E-state index in [0.717, 1.165) is 0 Å². The van der Waals surface area contributed by atoms with Crippen LogP contribution < -0.4 is 0 Å². The van der Waals surface area contributed by atoms with Gasteiger partial charge in [-0.15, -0.1) is 0 Å². The van der Waals surface area contributed by atoms with E-state index in [1.54, 1.807) is 36.4 Å². The van der Waals surface area contributed by atoms with Crippen molar-refractivity contribution in [3.05, 3.63) is 35.9 Å². The number of alkyl halides is 3. The van der Waals surface area contributed by atoms with Gasteiger partial charge in [0, 0.05) is 6.54 Å². The van der Waals surface area contributed by atoms with E-state index >= 15 is 0 Å². The summed E-state index contributed by atoms with van der Waals surface area (Å²) in [4.78, 5) is 12.5. The lowest BCUT2D eigenvalue weighted by molar-refractivity contribution is -0.163. The number of nitriles is 1. The molecule has 0 heterocycles. The van der Waals surface area contributed by atoms with Gasteiger partial charge in [-0.05, 0) is 12.0 Å². The Balaban J connectivity index is 2.82. The van der Waals surface area contributed by atoms with Crippen LogP contribution in [0.1, 0.15) is 5.56 Å².